The van der Waals surface area contributed by atoms with Crippen molar-refractivity contribution in [3.05, 3.63) is 35.3 Å². The zero-order chi connectivity index (χ0) is 17.8. The van der Waals surface area contributed by atoms with E-state index in [9.17, 15) is 4.79 Å². The summed E-state index contributed by atoms with van der Waals surface area (Å²) in [5, 5.41) is 6.04. The Morgan fingerprint density at radius 1 is 1.27 bits per heavy atom. The Morgan fingerprint density at radius 3 is 2.54 bits per heavy atom. The summed E-state index contributed by atoms with van der Waals surface area (Å²) in [7, 11) is 1.88. The van der Waals surface area contributed by atoms with E-state index < -0.39 is 0 Å². The third kappa shape index (κ3) is 4.96. The van der Waals surface area contributed by atoms with Crippen molar-refractivity contribution in [2.75, 3.05) is 20.1 Å². The lowest BCUT2D eigenvalue weighted by Gasteiger charge is -2.31. The van der Waals surface area contributed by atoms with Crippen LogP contribution >= 0.6 is 23.7 Å². The molecule has 26 heavy (non-hydrogen) atoms. The summed E-state index contributed by atoms with van der Waals surface area (Å²) in [6, 6.07) is 8.16. The van der Waals surface area contributed by atoms with Crippen LogP contribution in [0.4, 0.5) is 0 Å². The van der Waals surface area contributed by atoms with Crippen LogP contribution < -0.4 is 10.1 Å². The standard InChI is InChI=1S/C19H25N3O2S.ClH/c1-13(2)24-16-6-4-14(5-7-16)18-21-17(12-25-18)19(23)22(3)15-8-10-20-11-9-15;/h4-7,12-13,15,20H,8-11H2,1-3H3;1H. The first-order valence-corrected chi connectivity index (χ1v) is 9.63. The minimum Gasteiger partial charge on any atom is -0.491 e. The number of nitrogens with one attached hydrogen (secondary N) is 1. The van der Waals surface area contributed by atoms with E-state index in [-0.39, 0.29) is 24.4 Å². The molecule has 0 radical (unpaired) electrons. The molecule has 2 aromatic rings. The van der Waals surface area contributed by atoms with Crippen molar-refractivity contribution >= 4 is 29.7 Å². The van der Waals surface area contributed by atoms with Gasteiger partial charge < -0.3 is 15.0 Å². The second-order valence-electron chi connectivity index (χ2n) is 6.63. The number of hydrogen-bond acceptors (Lipinski definition) is 5. The predicted molar refractivity (Wildman–Crippen MR) is 109 cm³/mol. The van der Waals surface area contributed by atoms with E-state index in [0.29, 0.717) is 11.7 Å². The summed E-state index contributed by atoms with van der Waals surface area (Å²) in [4.78, 5) is 19.1. The molecule has 0 unspecified atom stereocenters. The zero-order valence-corrected chi connectivity index (χ0v) is 17.0. The molecule has 2 heterocycles. The molecule has 1 amide bonds. The minimum atomic E-state index is 0. The number of benzene rings is 1. The molecule has 1 aliphatic heterocycles. The molecular formula is C19H26ClN3O2S. The molecule has 5 nitrogen and oxygen atoms in total. The summed E-state index contributed by atoms with van der Waals surface area (Å²) in [6.45, 7) is 5.95. The minimum absolute atomic E-state index is 0. The van der Waals surface area contributed by atoms with Crippen molar-refractivity contribution in [1.29, 1.82) is 0 Å². The van der Waals surface area contributed by atoms with Crippen LogP contribution in [0, 0.1) is 0 Å². The van der Waals surface area contributed by atoms with Crippen molar-refractivity contribution < 1.29 is 9.53 Å². The van der Waals surface area contributed by atoms with E-state index in [1.54, 1.807) is 0 Å². The SMILES string of the molecule is CC(C)Oc1ccc(-c2nc(C(=O)N(C)C3CCNCC3)cs2)cc1.Cl. The number of carbonyl (C=O) groups excluding carboxylic acids is 1. The molecule has 0 atom stereocenters. The quantitative estimate of drug-likeness (QED) is 0.835. The van der Waals surface area contributed by atoms with Gasteiger partial charge in [0.1, 0.15) is 16.5 Å². The molecule has 0 bridgehead atoms. The van der Waals surface area contributed by atoms with Crippen molar-refractivity contribution in [2.24, 2.45) is 0 Å². The van der Waals surface area contributed by atoms with E-state index in [2.05, 4.69) is 10.3 Å². The van der Waals surface area contributed by atoms with Crippen LogP contribution in [-0.2, 0) is 0 Å². The second kappa shape index (κ2) is 9.35. The topological polar surface area (TPSA) is 54.5 Å². The molecule has 1 fully saturated rings. The Labute approximate surface area is 165 Å². The number of aromatic nitrogens is 1. The highest BCUT2D eigenvalue weighted by Crippen LogP contribution is 2.27. The maximum Gasteiger partial charge on any atom is 0.273 e. The molecule has 0 spiro atoms. The first-order valence-electron chi connectivity index (χ1n) is 8.75. The Hall–Kier alpha value is -1.63. The van der Waals surface area contributed by atoms with Crippen LogP contribution in [0.1, 0.15) is 37.2 Å². The first-order chi connectivity index (χ1) is 12.0. The van der Waals surface area contributed by atoms with Gasteiger partial charge in [-0.2, -0.15) is 0 Å². The van der Waals surface area contributed by atoms with Crippen LogP contribution in [-0.4, -0.2) is 48.1 Å². The van der Waals surface area contributed by atoms with Gasteiger partial charge in [0.15, 0.2) is 0 Å². The average Bonchev–Trinajstić information content (AvgIpc) is 3.11. The van der Waals surface area contributed by atoms with E-state index in [1.807, 2.05) is 55.4 Å². The number of piperidine rings is 1. The monoisotopic (exact) mass is 395 g/mol. The molecule has 0 saturated carbocycles. The number of rotatable bonds is 5. The third-order valence-electron chi connectivity index (χ3n) is 4.37. The van der Waals surface area contributed by atoms with Crippen LogP contribution in [0.2, 0.25) is 0 Å². The molecule has 1 aromatic carbocycles. The van der Waals surface area contributed by atoms with Gasteiger partial charge in [-0.1, -0.05) is 0 Å². The lowest BCUT2D eigenvalue weighted by Crippen LogP contribution is -2.44. The third-order valence-corrected chi connectivity index (χ3v) is 5.26. The largest absolute Gasteiger partial charge is 0.491 e. The van der Waals surface area contributed by atoms with Gasteiger partial charge in [-0.05, 0) is 64.0 Å². The number of hydrogen-bond donors (Lipinski definition) is 1. The number of carbonyl (C=O) groups is 1. The van der Waals surface area contributed by atoms with Gasteiger partial charge in [-0.25, -0.2) is 4.98 Å². The van der Waals surface area contributed by atoms with E-state index in [1.165, 1.54) is 11.3 Å². The molecule has 3 rings (SSSR count). The highest BCUT2D eigenvalue weighted by molar-refractivity contribution is 7.13. The van der Waals surface area contributed by atoms with Crippen LogP contribution in [0.3, 0.4) is 0 Å². The van der Waals surface area contributed by atoms with Gasteiger partial charge >= 0.3 is 0 Å². The summed E-state index contributed by atoms with van der Waals surface area (Å²) < 4.78 is 5.66. The van der Waals surface area contributed by atoms with Gasteiger partial charge in [-0.15, -0.1) is 23.7 Å². The average molecular weight is 396 g/mol. The molecule has 1 saturated heterocycles. The molecule has 1 aliphatic rings. The highest BCUT2D eigenvalue weighted by Gasteiger charge is 2.24. The smallest absolute Gasteiger partial charge is 0.273 e. The van der Waals surface area contributed by atoms with Crippen LogP contribution in [0.15, 0.2) is 29.6 Å². The normalized spacial score (nSPS) is 14.8. The number of amides is 1. The first kappa shape index (κ1) is 20.7. The predicted octanol–water partition coefficient (Wildman–Crippen LogP) is 3.84. The summed E-state index contributed by atoms with van der Waals surface area (Å²) in [5.74, 6) is 0.853. The van der Waals surface area contributed by atoms with Gasteiger partial charge in [0.2, 0.25) is 0 Å². The van der Waals surface area contributed by atoms with Crippen LogP contribution in [0.25, 0.3) is 10.6 Å². The van der Waals surface area contributed by atoms with E-state index in [4.69, 9.17) is 4.74 Å². The molecule has 142 valence electrons. The second-order valence-corrected chi connectivity index (χ2v) is 7.48. The number of thiazole rings is 1. The number of nitrogens with zero attached hydrogens (tertiary/aromatic N) is 2. The van der Waals surface area contributed by atoms with Crippen LogP contribution in [0.5, 0.6) is 5.75 Å². The lowest BCUT2D eigenvalue weighted by atomic mass is 10.1. The Balaban J connectivity index is 0.00000243. The fourth-order valence-corrected chi connectivity index (χ4v) is 3.79. The lowest BCUT2D eigenvalue weighted by molar-refractivity contribution is 0.0698. The molecule has 0 aliphatic carbocycles. The van der Waals surface area contributed by atoms with Crippen molar-refractivity contribution in [3.8, 4) is 16.3 Å². The highest BCUT2D eigenvalue weighted by atomic mass is 35.5. The van der Waals surface area contributed by atoms with E-state index in [0.717, 1.165) is 42.3 Å². The Morgan fingerprint density at radius 2 is 1.92 bits per heavy atom. The molecule has 1 N–H and O–H groups in total. The molecular weight excluding hydrogens is 370 g/mol. The number of halogens is 1. The van der Waals surface area contributed by atoms with Crippen molar-refractivity contribution in [3.63, 3.8) is 0 Å². The van der Waals surface area contributed by atoms with Gasteiger partial charge in [-0.3, -0.25) is 4.79 Å². The van der Waals surface area contributed by atoms with Crippen molar-refractivity contribution in [1.82, 2.24) is 15.2 Å². The fraction of sp³-hybridized carbons (Fsp3) is 0.474. The Kier molecular flexibility index (Phi) is 7.43. The van der Waals surface area contributed by atoms with Crippen molar-refractivity contribution in [2.45, 2.75) is 38.8 Å². The molecule has 7 heteroatoms. The van der Waals surface area contributed by atoms with Gasteiger partial charge in [0, 0.05) is 24.0 Å². The Bertz CT molecular complexity index is 712. The van der Waals surface area contributed by atoms with Gasteiger partial charge in [0.05, 0.1) is 6.10 Å². The fourth-order valence-electron chi connectivity index (χ4n) is 2.99. The summed E-state index contributed by atoms with van der Waals surface area (Å²) in [5.41, 5.74) is 1.54. The summed E-state index contributed by atoms with van der Waals surface area (Å²) in [6.07, 6.45) is 2.15. The maximum absolute atomic E-state index is 12.7. The summed E-state index contributed by atoms with van der Waals surface area (Å²) >= 11 is 1.50. The van der Waals surface area contributed by atoms with Gasteiger partial charge in [0.25, 0.3) is 5.91 Å². The zero-order valence-electron chi connectivity index (χ0n) is 15.4. The number of ether oxygens (including phenoxy) is 1. The maximum atomic E-state index is 12.7. The molecule has 1 aromatic heterocycles. The van der Waals surface area contributed by atoms with E-state index >= 15 is 0 Å².